The van der Waals surface area contributed by atoms with Crippen LogP contribution in [-0.4, -0.2) is 17.0 Å². The van der Waals surface area contributed by atoms with Crippen LogP contribution in [0.15, 0.2) is 57.5 Å². The molecule has 0 unspecified atom stereocenters. The lowest BCUT2D eigenvalue weighted by atomic mass is 10.1. The summed E-state index contributed by atoms with van der Waals surface area (Å²) < 4.78 is 10.7. The van der Waals surface area contributed by atoms with Gasteiger partial charge in [0.05, 0.1) is 5.02 Å². The lowest BCUT2D eigenvalue weighted by molar-refractivity contribution is 0.0977. The van der Waals surface area contributed by atoms with E-state index in [1.807, 2.05) is 0 Å². The molecule has 2 amide bonds. The van der Waals surface area contributed by atoms with E-state index in [4.69, 9.17) is 26.3 Å². The smallest absolute Gasteiger partial charge is 0.286 e. The Morgan fingerprint density at radius 2 is 1.82 bits per heavy atom. The fourth-order valence-electron chi connectivity index (χ4n) is 3.00. The van der Waals surface area contributed by atoms with Crippen LogP contribution >= 0.6 is 11.6 Å². The number of nitrogens with two attached hydrogens (primary N) is 1. The number of primary amides is 1. The quantitative estimate of drug-likeness (QED) is 0.532. The molecule has 2 aromatic heterocycles. The average molecular weight is 396 g/mol. The van der Waals surface area contributed by atoms with Crippen molar-refractivity contribution in [3.8, 4) is 11.3 Å². The number of nitrogens with zero attached hydrogens (tertiary/aromatic N) is 1. The van der Waals surface area contributed by atoms with Crippen molar-refractivity contribution in [2.45, 2.75) is 6.92 Å². The topological polar surface area (TPSA) is 111 Å². The third-order valence-electron chi connectivity index (χ3n) is 4.28. The van der Waals surface area contributed by atoms with Gasteiger partial charge in [-0.3, -0.25) is 9.59 Å². The zero-order valence-electron chi connectivity index (χ0n) is 14.7. The Bertz CT molecular complexity index is 1230. The Morgan fingerprint density at radius 1 is 1.11 bits per heavy atom. The number of hydrogen-bond acceptors (Lipinski definition) is 5. The van der Waals surface area contributed by atoms with E-state index in [9.17, 15) is 9.59 Å². The number of anilines is 1. The van der Waals surface area contributed by atoms with Crippen molar-refractivity contribution in [2.75, 3.05) is 5.32 Å². The maximum atomic E-state index is 13.1. The summed E-state index contributed by atoms with van der Waals surface area (Å²) >= 11 is 6.24. The van der Waals surface area contributed by atoms with Crippen molar-refractivity contribution in [2.24, 2.45) is 5.73 Å². The van der Waals surface area contributed by atoms with Gasteiger partial charge in [0.1, 0.15) is 28.3 Å². The number of benzene rings is 2. The third-order valence-corrected chi connectivity index (χ3v) is 4.61. The third kappa shape index (κ3) is 2.91. The number of nitrogens with one attached hydrogen (secondary N) is 1. The number of para-hydroxylation sites is 1. The Hall–Kier alpha value is -3.58. The summed E-state index contributed by atoms with van der Waals surface area (Å²) in [5.41, 5.74) is 7.09. The van der Waals surface area contributed by atoms with E-state index in [1.54, 1.807) is 55.5 Å². The minimum atomic E-state index is -0.792. The van der Waals surface area contributed by atoms with Crippen LogP contribution in [0.4, 0.5) is 5.69 Å². The fourth-order valence-corrected chi connectivity index (χ4v) is 3.22. The van der Waals surface area contributed by atoms with E-state index >= 15 is 0 Å². The molecule has 0 atom stereocenters. The van der Waals surface area contributed by atoms with Gasteiger partial charge in [0.15, 0.2) is 0 Å². The van der Waals surface area contributed by atoms with Crippen LogP contribution in [0.5, 0.6) is 0 Å². The van der Waals surface area contributed by atoms with Gasteiger partial charge in [-0.15, -0.1) is 0 Å². The van der Waals surface area contributed by atoms with Crippen molar-refractivity contribution in [1.82, 2.24) is 5.16 Å². The van der Waals surface area contributed by atoms with Gasteiger partial charge in [0.2, 0.25) is 5.76 Å². The van der Waals surface area contributed by atoms with Crippen LogP contribution in [-0.2, 0) is 0 Å². The molecular formula is C20H14ClN3O4. The van der Waals surface area contributed by atoms with Crippen molar-refractivity contribution in [3.63, 3.8) is 0 Å². The molecule has 28 heavy (non-hydrogen) atoms. The van der Waals surface area contributed by atoms with Crippen LogP contribution in [0.1, 0.15) is 26.7 Å². The molecule has 2 heterocycles. The summed E-state index contributed by atoms with van der Waals surface area (Å²) in [4.78, 5) is 24.9. The number of amides is 2. The minimum Gasteiger partial charge on any atom is -0.449 e. The highest BCUT2D eigenvalue weighted by Crippen LogP contribution is 2.34. The maximum absolute atomic E-state index is 13.1. The van der Waals surface area contributed by atoms with Crippen LogP contribution < -0.4 is 11.1 Å². The molecule has 3 N–H and O–H groups in total. The Balaban J connectivity index is 1.80. The highest BCUT2D eigenvalue weighted by Gasteiger charge is 2.26. The number of carbonyl (C=O) groups is 2. The number of hydrogen-bond donors (Lipinski definition) is 2. The predicted octanol–water partition coefficient (Wildman–Crippen LogP) is 4.40. The van der Waals surface area contributed by atoms with Crippen molar-refractivity contribution in [3.05, 3.63) is 70.6 Å². The molecule has 0 aliphatic heterocycles. The molecular weight excluding hydrogens is 382 g/mol. The minimum absolute atomic E-state index is 0.136. The molecule has 0 fully saturated rings. The van der Waals surface area contributed by atoms with E-state index in [-0.39, 0.29) is 17.0 Å². The molecule has 0 spiro atoms. The van der Waals surface area contributed by atoms with Crippen LogP contribution in [0.2, 0.25) is 5.02 Å². The number of carbonyl (C=O) groups excluding carboxylic acids is 2. The monoisotopic (exact) mass is 395 g/mol. The second kappa shape index (κ2) is 6.86. The van der Waals surface area contributed by atoms with Gasteiger partial charge in [-0.05, 0) is 25.1 Å². The van der Waals surface area contributed by atoms with Gasteiger partial charge in [-0.25, -0.2) is 0 Å². The van der Waals surface area contributed by atoms with Crippen molar-refractivity contribution >= 4 is 40.1 Å². The molecule has 0 aliphatic rings. The number of aromatic nitrogens is 1. The molecule has 0 saturated heterocycles. The summed E-state index contributed by atoms with van der Waals surface area (Å²) in [5, 5.41) is 7.67. The zero-order valence-corrected chi connectivity index (χ0v) is 15.4. The largest absolute Gasteiger partial charge is 0.449 e. The Labute approximate surface area is 164 Å². The van der Waals surface area contributed by atoms with Gasteiger partial charge in [0.25, 0.3) is 11.8 Å². The molecule has 4 rings (SSSR count). The molecule has 4 aromatic rings. The first-order valence-electron chi connectivity index (χ1n) is 8.31. The first kappa shape index (κ1) is 17.8. The second-order valence-corrected chi connectivity index (χ2v) is 6.47. The van der Waals surface area contributed by atoms with Crippen LogP contribution in [0, 0.1) is 6.92 Å². The lowest BCUT2D eigenvalue weighted by Crippen LogP contribution is -2.18. The molecule has 2 aromatic carbocycles. The Kier molecular flexibility index (Phi) is 4.37. The normalized spacial score (nSPS) is 10.9. The van der Waals surface area contributed by atoms with Gasteiger partial charge >= 0.3 is 0 Å². The maximum Gasteiger partial charge on any atom is 0.286 e. The predicted molar refractivity (Wildman–Crippen MR) is 104 cm³/mol. The number of fused-ring (bicyclic) bond motifs is 1. The number of rotatable bonds is 4. The molecule has 0 saturated carbocycles. The summed E-state index contributed by atoms with van der Waals surface area (Å²) in [7, 11) is 0. The number of halogens is 1. The fraction of sp³-hybridized carbons (Fsp3) is 0.0500. The van der Waals surface area contributed by atoms with Gasteiger partial charge in [0, 0.05) is 10.9 Å². The summed E-state index contributed by atoms with van der Waals surface area (Å²) in [6, 6.07) is 13.9. The molecule has 0 aliphatic carbocycles. The highest BCUT2D eigenvalue weighted by atomic mass is 35.5. The second-order valence-electron chi connectivity index (χ2n) is 6.06. The van der Waals surface area contributed by atoms with E-state index in [0.717, 1.165) is 0 Å². The molecule has 8 heteroatoms. The zero-order chi connectivity index (χ0) is 19.8. The van der Waals surface area contributed by atoms with E-state index in [2.05, 4.69) is 10.5 Å². The lowest BCUT2D eigenvalue weighted by Gasteiger charge is -2.06. The molecule has 0 bridgehead atoms. The van der Waals surface area contributed by atoms with E-state index in [1.165, 1.54) is 0 Å². The van der Waals surface area contributed by atoms with Gasteiger partial charge in [-0.2, -0.15) is 0 Å². The molecule has 7 nitrogen and oxygen atoms in total. The standard InChI is InChI=1S/C20H14ClN3O4/c1-10-15(16(24-28-10)11-6-2-4-8-13(11)21)20(26)23-17-12-7-3-5-9-14(12)27-18(17)19(22)25/h2-9H,1H3,(H2,22,25)(H,23,26). The SMILES string of the molecule is Cc1onc(-c2ccccc2Cl)c1C(=O)Nc1c(C(N)=O)oc2ccccc12. The summed E-state index contributed by atoms with van der Waals surface area (Å²) in [6.45, 7) is 1.62. The van der Waals surface area contributed by atoms with E-state index < -0.39 is 11.8 Å². The summed E-state index contributed by atoms with van der Waals surface area (Å²) in [5.74, 6) is -1.15. The number of aryl methyl sites for hydroxylation is 1. The van der Waals surface area contributed by atoms with Gasteiger partial charge in [-0.1, -0.05) is 47.1 Å². The first-order chi connectivity index (χ1) is 13.5. The van der Waals surface area contributed by atoms with Gasteiger partial charge < -0.3 is 20.0 Å². The van der Waals surface area contributed by atoms with Crippen molar-refractivity contribution in [1.29, 1.82) is 0 Å². The highest BCUT2D eigenvalue weighted by molar-refractivity contribution is 6.33. The van der Waals surface area contributed by atoms with E-state index in [0.29, 0.717) is 33.0 Å². The first-order valence-corrected chi connectivity index (χ1v) is 8.69. The molecule has 0 radical (unpaired) electrons. The average Bonchev–Trinajstić information content (AvgIpc) is 3.23. The number of furan rings is 1. The van der Waals surface area contributed by atoms with Crippen molar-refractivity contribution < 1.29 is 18.5 Å². The molecule has 140 valence electrons. The Morgan fingerprint density at radius 3 is 2.57 bits per heavy atom. The summed E-state index contributed by atoms with van der Waals surface area (Å²) in [6.07, 6.45) is 0. The van der Waals surface area contributed by atoms with Crippen LogP contribution in [0.3, 0.4) is 0 Å². The van der Waals surface area contributed by atoms with Crippen LogP contribution in [0.25, 0.3) is 22.2 Å².